The molecule has 160 valence electrons. The van der Waals surface area contributed by atoms with Crippen molar-refractivity contribution in [2.45, 2.75) is 26.7 Å². The van der Waals surface area contributed by atoms with Gasteiger partial charge in [-0.15, -0.1) is 0 Å². The van der Waals surface area contributed by atoms with Crippen molar-refractivity contribution in [1.82, 2.24) is 4.57 Å². The van der Waals surface area contributed by atoms with E-state index in [2.05, 4.69) is 5.32 Å². The molecule has 4 rings (SSSR count). The van der Waals surface area contributed by atoms with Gasteiger partial charge in [-0.3, -0.25) is 19.0 Å². The summed E-state index contributed by atoms with van der Waals surface area (Å²) in [5.74, 6) is -1.29. The number of carbonyl (C=O) groups is 2. The second-order valence-electron chi connectivity index (χ2n) is 8.64. The summed E-state index contributed by atoms with van der Waals surface area (Å²) < 4.78 is 14.6. The first-order valence-electron chi connectivity index (χ1n) is 10.1. The number of hydrogen-bond donors (Lipinski definition) is 1. The van der Waals surface area contributed by atoms with Crippen LogP contribution in [0.2, 0.25) is 0 Å². The quantitative estimate of drug-likeness (QED) is 0.674. The number of ketones is 1. The third-order valence-corrected chi connectivity index (χ3v) is 5.49. The van der Waals surface area contributed by atoms with E-state index in [9.17, 15) is 18.8 Å². The molecule has 0 aliphatic heterocycles. The van der Waals surface area contributed by atoms with Crippen molar-refractivity contribution in [2.75, 3.05) is 5.32 Å². The number of nitrogens with one attached hydrogen (secondary N) is 1. The number of Topliss-reactive ketones (excluding diaryl/α,β-unsaturated/α-hetero) is 1. The molecule has 1 aliphatic carbocycles. The maximum Gasteiger partial charge on any atom is 0.268 e. The molecule has 32 heavy (non-hydrogen) atoms. The van der Waals surface area contributed by atoms with Crippen LogP contribution in [0.5, 0.6) is 0 Å². The number of hydrogen-bond acceptors (Lipinski definition) is 4. The molecule has 0 saturated carbocycles. The minimum atomic E-state index is -0.664. The van der Waals surface area contributed by atoms with Crippen LogP contribution in [-0.4, -0.2) is 16.3 Å². The van der Waals surface area contributed by atoms with Gasteiger partial charge in [0.05, 0.1) is 11.6 Å². The van der Waals surface area contributed by atoms with Gasteiger partial charge < -0.3 is 5.32 Å². The zero-order chi connectivity index (χ0) is 23.0. The SMILES string of the molecule is CC1(C)CC(=O)c2cn(-c3ccc(F)cc3)c(=O)c(C(=O)Nc3cccc(C#N)c3)c2C1. The Morgan fingerprint density at radius 1 is 1.12 bits per heavy atom. The summed E-state index contributed by atoms with van der Waals surface area (Å²) >= 11 is 0. The van der Waals surface area contributed by atoms with Crippen molar-refractivity contribution in [2.24, 2.45) is 5.41 Å². The molecule has 1 aliphatic rings. The number of anilines is 1. The molecular formula is C25H20FN3O3. The van der Waals surface area contributed by atoms with Crippen LogP contribution in [0.15, 0.2) is 59.5 Å². The molecule has 0 radical (unpaired) electrons. The van der Waals surface area contributed by atoms with Crippen molar-refractivity contribution in [1.29, 1.82) is 5.26 Å². The van der Waals surface area contributed by atoms with Gasteiger partial charge >= 0.3 is 0 Å². The van der Waals surface area contributed by atoms with Crippen LogP contribution in [0.3, 0.4) is 0 Å². The first-order valence-corrected chi connectivity index (χ1v) is 10.1. The standard InChI is InChI=1S/C25H20FN3O3/c1-25(2)11-19-20(21(30)12-25)14-29(18-8-6-16(26)7-9-18)24(32)22(19)23(31)28-17-5-3-4-15(10-17)13-27/h3-10,14H,11-12H2,1-2H3,(H,28,31). The average molecular weight is 429 g/mol. The highest BCUT2D eigenvalue weighted by Gasteiger charge is 2.36. The van der Waals surface area contributed by atoms with E-state index in [1.54, 1.807) is 18.2 Å². The largest absolute Gasteiger partial charge is 0.322 e. The van der Waals surface area contributed by atoms with Crippen molar-refractivity contribution in [3.63, 3.8) is 0 Å². The lowest BCUT2D eigenvalue weighted by molar-refractivity contribution is 0.0910. The number of nitriles is 1. The Balaban J connectivity index is 1.90. The first-order chi connectivity index (χ1) is 15.2. The maximum absolute atomic E-state index is 13.4. The number of aromatic nitrogens is 1. The monoisotopic (exact) mass is 429 g/mol. The lowest BCUT2D eigenvalue weighted by Crippen LogP contribution is -2.37. The second-order valence-corrected chi connectivity index (χ2v) is 8.64. The van der Waals surface area contributed by atoms with E-state index in [1.807, 2.05) is 19.9 Å². The maximum atomic E-state index is 13.4. The smallest absolute Gasteiger partial charge is 0.268 e. The summed E-state index contributed by atoms with van der Waals surface area (Å²) in [6.45, 7) is 3.83. The molecule has 1 amide bonds. The van der Waals surface area contributed by atoms with Crippen molar-refractivity contribution < 1.29 is 14.0 Å². The van der Waals surface area contributed by atoms with Gasteiger partial charge in [-0.05, 0) is 59.9 Å². The zero-order valence-electron chi connectivity index (χ0n) is 17.6. The number of fused-ring (bicyclic) bond motifs is 1. The third-order valence-electron chi connectivity index (χ3n) is 5.49. The molecule has 0 fully saturated rings. The first kappa shape index (κ1) is 21.2. The molecule has 1 N–H and O–H groups in total. The number of benzene rings is 2. The van der Waals surface area contributed by atoms with Gasteiger partial charge in [-0.2, -0.15) is 5.26 Å². The van der Waals surface area contributed by atoms with E-state index in [-0.39, 0.29) is 17.8 Å². The van der Waals surface area contributed by atoms with Crippen LogP contribution >= 0.6 is 0 Å². The van der Waals surface area contributed by atoms with Gasteiger partial charge in [0.2, 0.25) is 0 Å². The van der Waals surface area contributed by atoms with Crippen LogP contribution in [0.25, 0.3) is 5.69 Å². The summed E-state index contributed by atoms with van der Waals surface area (Å²) in [5, 5.41) is 11.8. The van der Waals surface area contributed by atoms with Crippen LogP contribution in [0, 0.1) is 22.6 Å². The Labute approximate surface area is 183 Å². The normalized spacial score (nSPS) is 14.4. The number of rotatable bonds is 3. The fourth-order valence-electron chi connectivity index (χ4n) is 4.03. The lowest BCUT2D eigenvalue weighted by atomic mass is 9.73. The Hall–Kier alpha value is -4.05. The number of pyridine rings is 1. The average Bonchev–Trinajstić information content (AvgIpc) is 2.73. The summed E-state index contributed by atoms with van der Waals surface area (Å²) in [5.41, 5.74) is 0.642. The van der Waals surface area contributed by atoms with E-state index in [0.29, 0.717) is 34.5 Å². The van der Waals surface area contributed by atoms with Gasteiger partial charge in [0.25, 0.3) is 11.5 Å². The topological polar surface area (TPSA) is 92.0 Å². The Morgan fingerprint density at radius 2 is 1.84 bits per heavy atom. The summed E-state index contributed by atoms with van der Waals surface area (Å²) in [6.07, 6.45) is 2.11. The Bertz CT molecular complexity index is 1350. The minimum absolute atomic E-state index is 0.129. The van der Waals surface area contributed by atoms with Crippen LogP contribution in [0.4, 0.5) is 10.1 Å². The van der Waals surface area contributed by atoms with Gasteiger partial charge in [0.15, 0.2) is 5.78 Å². The molecule has 0 bridgehead atoms. The van der Waals surface area contributed by atoms with E-state index in [0.717, 1.165) is 0 Å². The fraction of sp³-hybridized carbons (Fsp3) is 0.200. The molecular weight excluding hydrogens is 409 g/mol. The molecule has 2 aromatic carbocycles. The van der Waals surface area contributed by atoms with Gasteiger partial charge in [-0.25, -0.2) is 4.39 Å². The zero-order valence-corrected chi connectivity index (χ0v) is 17.6. The molecule has 1 aromatic heterocycles. The van der Waals surface area contributed by atoms with E-state index < -0.39 is 22.7 Å². The van der Waals surface area contributed by atoms with Gasteiger partial charge in [-0.1, -0.05) is 19.9 Å². The predicted molar refractivity (Wildman–Crippen MR) is 118 cm³/mol. The van der Waals surface area contributed by atoms with Crippen molar-refractivity contribution >= 4 is 17.4 Å². The predicted octanol–water partition coefficient (Wildman–Crippen LogP) is 4.26. The number of nitrogens with zero attached hydrogens (tertiary/aromatic N) is 2. The van der Waals surface area contributed by atoms with E-state index in [1.165, 1.54) is 41.1 Å². The fourth-order valence-corrected chi connectivity index (χ4v) is 4.03. The number of carbonyl (C=O) groups excluding carboxylic acids is 2. The molecule has 0 atom stereocenters. The molecule has 0 spiro atoms. The van der Waals surface area contributed by atoms with Crippen molar-refractivity contribution in [3.8, 4) is 11.8 Å². The Morgan fingerprint density at radius 3 is 2.53 bits per heavy atom. The summed E-state index contributed by atoms with van der Waals surface area (Å²) in [4.78, 5) is 39.7. The van der Waals surface area contributed by atoms with E-state index >= 15 is 0 Å². The van der Waals surface area contributed by atoms with E-state index in [4.69, 9.17) is 5.26 Å². The van der Waals surface area contributed by atoms with Crippen LogP contribution < -0.4 is 10.9 Å². The second kappa shape index (κ2) is 7.89. The summed E-state index contributed by atoms with van der Waals surface area (Å²) in [7, 11) is 0. The highest BCUT2D eigenvalue weighted by molar-refractivity contribution is 6.08. The lowest BCUT2D eigenvalue weighted by Gasteiger charge is -2.31. The molecule has 1 heterocycles. The van der Waals surface area contributed by atoms with Gasteiger partial charge in [0, 0.05) is 29.6 Å². The van der Waals surface area contributed by atoms with Crippen LogP contribution in [0.1, 0.15) is 52.1 Å². The molecule has 0 unspecified atom stereocenters. The van der Waals surface area contributed by atoms with Crippen molar-refractivity contribution in [3.05, 3.63) is 93.2 Å². The van der Waals surface area contributed by atoms with Gasteiger partial charge in [0.1, 0.15) is 11.4 Å². The molecule has 7 heteroatoms. The molecule has 6 nitrogen and oxygen atoms in total. The Kier molecular flexibility index (Phi) is 5.23. The highest BCUT2D eigenvalue weighted by atomic mass is 19.1. The molecule has 3 aromatic rings. The van der Waals surface area contributed by atoms with Crippen LogP contribution in [-0.2, 0) is 6.42 Å². The third kappa shape index (κ3) is 3.95. The highest BCUT2D eigenvalue weighted by Crippen LogP contribution is 2.36. The minimum Gasteiger partial charge on any atom is -0.322 e. The number of amides is 1. The summed E-state index contributed by atoms with van der Waals surface area (Å²) in [6, 6.07) is 13.6. The number of halogens is 1. The molecule has 0 saturated heterocycles.